The quantitative estimate of drug-likeness (QED) is 0.461. The Morgan fingerprint density at radius 3 is 2.20 bits per heavy atom. The van der Waals surface area contributed by atoms with Crippen LogP contribution in [-0.4, -0.2) is 19.0 Å². The van der Waals surface area contributed by atoms with Gasteiger partial charge in [0, 0.05) is 22.3 Å². The van der Waals surface area contributed by atoms with Crippen molar-refractivity contribution in [3.05, 3.63) is 64.6 Å². The molecule has 0 spiro atoms. The second-order valence-corrected chi connectivity index (χ2v) is 6.35. The molecule has 0 atom stereocenters. The van der Waals surface area contributed by atoms with Crippen LogP contribution in [0.4, 0.5) is 0 Å². The Bertz CT molecular complexity index is 961. The Kier molecular flexibility index (Phi) is 4.86. The molecule has 0 unspecified atom stereocenters. The zero-order chi connectivity index (χ0) is 18.0. The molecule has 0 saturated carbocycles. The third-order valence-electron chi connectivity index (χ3n) is 3.80. The topological polar surface area (TPSA) is 52.6 Å². The summed E-state index contributed by atoms with van der Waals surface area (Å²) in [4.78, 5) is 23.8. The maximum atomic E-state index is 12.4. The molecule has 0 aromatic heterocycles. The summed E-state index contributed by atoms with van der Waals surface area (Å²) in [6.07, 6.45) is 0. The first-order valence-corrected chi connectivity index (χ1v) is 8.39. The van der Waals surface area contributed by atoms with Crippen LogP contribution < -0.4 is 4.74 Å². The van der Waals surface area contributed by atoms with Crippen molar-refractivity contribution < 1.29 is 19.1 Å². The first kappa shape index (κ1) is 17.2. The van der Waals surface area contributed by atoms with Gasteiger partial charge in [-0.1, -0.05) is 52.3 Å². The molecule has 0 saturated heterocycles. The molecule has 126 valence electrons. The zero-order valence-corrected chi connectivity index (χ0v) is 15.3. The van der Waals surface area contributed by atoms with Crippen molar-refractivity contribution in [3.8, 4) is 16.9 Å². The minimum absolute atomic E-state index is 0.337. The summed E-state index contributed by atoms with van der Waals surface area (Å²) in [6.45, 7) is 1.33. The van der Waals surface area contributed by atoms with E-state index in [1.807, 2.05) is 48.5 Å². The fourth-order valence-electron chi connectivity index (χ4n) is 2.78. The summed E-state index contributed by atoms with van der Waals surface area (Å²) in [6, 6.07) is 16.7. The van der Waals surface area contributed by atoms with Crippen molar-refractivity contribution in [2.24, 2.45) is 0 Å². The first-order chi connectivity index (χ1) is 12.0. The van der Waals surface area contributed by atoms with Crippen LogP contribution in [0.25, 0.3) is 21.9 Å². The lowest BCUT2D eigenvalue weighted by atomic mass is 9.92. The Hall–Kier alpha value is -2.66. The number of esters is 2. The standard InChI is InChI=1S/C20H15BrO4/c1-12(22)25-18-11-17(20(23)24-2)19(13-7-9-14(21)10-8-13)16-6-4-3-5-15(16)18/h3-11H,1-2H3. The van der Waals surface area contributed by atoms with Gasteiger partial charge < -0.3 is 9.47 Å². The number of hydrogen-bond acceptors (Lipinski definition) is 4. The van der Waals surface area contributed by atoms with Gasteiger partial charge >= 0.3 is 11.9 Å². The van der Waals surface area contributed by atoms with Crippen molar-refractivity contribution in [2.45, 2.75) is 6.92 Å². The second-order valence-electron chi connectivity index (χ2n) is 5.43. The van der Waals surface area contributed by atoms with Crippen LogP contribution in [0, 0.1) is 0 Å². The van der Waals surface area contributed by atoms with Gasteiger partial charge in [-0.25, -0.2) is 4.79 Å². The number of halogens is 1. The minimum atomic E-state index is -0.489. The molecule has 0 N–H and O–H groups in total. The highest BCUT2D eigenvalue weighted by atomic mass is 79.9. The van der Waals surface area contributed by atoms with Gasteiger partial charge in [-0.3, -0.25) is 4.79 Å². The lowest BCUT2D eigenvalue weighted by molar-refractivity contribution is -0.131. The maximum Gasteiger partial charge on any atom is 0.338 e. The maximum absolute atomic E-state index is 12.4. The molecule has 3 rings (SSSR count). The van der Waals surface area contributed by atoms with Crippen LogP contribution in [0.1, 0.15) is 17.3 Å². The normalized spacial score (nSPS) is 10.5. The Morgan fingerprint density at radius 2 is 1.60 bits per heavy atom. The highest BCUT2D eigenvalue weighted by Gasteiger charge is 2.20. The number of benzene rings is 3. The Labute approximate surface area is 153 Å². The van der Waals surface area contributed by atoms with Gasteiger partial charge in [-0.15, -0.1) is 0 Å². The molecule has 0 fully saturated rings. The monoisotopic (exact) mass is 398 g/mol. The fraction of sp³-hybridized carbons (Fsp3) is 0.100. The lowest BCUT2D eigenvalue weighted by Gasteiger charge is -2.15. The van der Waals surface area contributed by atoms with Crippen molar-refractivity contribution in [1.82, 2.24) is 0 Å². The van der Waals surface area contributed by atoms with Crippen LogP contribution in [0.5, 0.6) is 5.75 Å². The van der Waals surface area contributed by atoms with E-state index < -0.39 is 11.9 Å². The van der Waals surface area contributed by atoms with E-state index in [-0.39, 0.29) is 0 Å². The molecule has 0 bridgehead atoms. The van der Waals surface area contributed by atoms with E-state index >= 15 is 0 Å². The van der Waals surface area contributed by atoms with Gasteiger partial charge in [0.1, 0.15) is 5.75 Å². The number of rotatable bonds is 3. The van der Waals surface area contributed by atoms with Gasteiger partial charge in [0.05, 0.1) is 12.7 Å². The molecular weight excluding hydrogens is 384 g/mol. The number of hydrogen-bond donors (Lipinski definition) is 0. The molecular formula is C20H15BrO4. The summed E-state index contributed by atoms with van der Waals surface area (Å²) in [5.41, 5.74) is 1.96. The Balaban J connectivity index is 2.38. The van der Waals surface area contributed by atoms with E-state index in [0.717, 1.165) is 26.4 Å². The number of methoxy groups -OCH3 is 1. The fourth-order valence-corrected chi connectivity index (χ4v) is 3.04. The molecule has 0 heterocycles. The van der Waals surface area contributed by atoms with Gasteiger partial charge in [0.15, 0.2) is 0 Å². The first-order valence-electron chi connectivity index (χ1n) is 7.59. The lowest BCUT2D eigenvalue weighted by Crippen LogP contribution is -2.08. The molecule has 4 nitrogen and oxygen atoms in total. The van der Waals surface area contributed by atoms with E-state index in [4.69, 9.17) is 9.47 Å². The van der Waals surface area contributed by atoms with Gasteiger partial charge in [-0.05, 0) is 29.1 Å². The molecule has 0 aliphatic heterocycles. The second kappa shape index (κ2) is 7.07. The Morgan fingerprint density at radius 1 is 0.960 bits per heavy atom. The molecule has 3 aromatic rings. The number of ether oxygens (including phenoxy) is 2. The largest absolute Gasteiger partial charge is 0.465 e. The smallest absolute Gasteiger partial charge is 0.338 e. The van der Waals surface area contributed by atoms with E-state index in [1.54, 1.807) is 6.07 Å². The molecule has 5 heteroatoms. The van der Waals surface area contributed by atoms with E-state index in [9.17, 15) is 9.59 Å². The molecule has 0 aliphatic rings. The van der Waals surface area contributed by atoms with Crippen molar-refractivity contribution in [2.75, 3.05) is 7.11 Å². The minimum Gasteiger partial charge on any atom is -0.465 e. The average molecular weight is 399 g/mol. The molecule has 0 radical (unpaired) electrons. The predicted octanol–water partition coefficient (Wildman–Crippen LogP) is 4.98. The van der Waals surface area contributed by atoms with Crippen LogP contribution >= 0.6 is 15.9 Å². The van der Waals surface area contributed by atoms with Crippen LogP contribution in [0.15, 0.2) is 59.1 Å². The summed E-state index contributed by atoms with van der Waals surface area (Å²) >= 11 is 3.42. The van der Waals surface area contributed by atoms with Gasteiger partial charge in [-0.2, -0.15) is 0 Å². The average Bonchev–Trinajstić information content (AvgIpc) is 2.61. The SMILES string of the molecule is COC(=O)c1cc(OC(C)=O)c2ccccc2c1-c1ccc(Br)cc1. The van der Waals surface area contributed by atoms with E-state index in [2.05, 4.69) is 15.9 Å². The van der Waals surface area contributed by atoms with Gasteiger partial charge in [0.25, 0.3) is 0 Å². The molecule has 25 heavy (non-hydrogen) atoms. The highest BCUT2D eigenvalue weighted by Crippen LogP contribution is 2.38. The summed E-state index contributed by atoms with van der Waals surface area (Å²) < 4.78 is 11.2. The third-order valence-corrected chi connectivity index (χ3v) is 4.33. The number of carbonyl (C=O) groups excluding carboxylic acids is 2. The zero-order valence-electron chi connectivity index (χ0n) is 13.7. The predicted molar refractivity (Wildman–Crippen MR) is 99.7 cm³/mol. The van der Waals surface area contributed by atoms with Crippen molar-refractivity contribution in [1.29, 1.82) is 0 Å². The van der Waals surface area contributed by atoms with Crippen molar-refractivity contribution in [3.63, 3.8) is 0 Å². The molecule has 0 aliphatic carbocycles. The van der Waals surface area contributed by atoms with Crippen LogP contribution in [0.2, 0.25) is 0 Å². The van der Waals surface area contributed by atoms with Crippen LogP contribution in [0.3, 0.4) is 0 Å². The molecule has 3 aromatic carbocycles. The highest BCUT2D eigenvalue weighted by molar-refractivity contribution is 9.10. The van der Waals surface area contributed by atoms with Gasteiger partial charge in [0.2, 0.25) is 0 Å². The van der Waals surface area contributed by atoms with Crippen LogP contribution in [-0.2, 0) is 9.53 Å². The molecule has 0 amide bonds. The number of carbonyl (C=O) groups is 2. The summed E-state index contributed by atoms with van der Waals surface area (Å²) in [7, 11) is 1.33. The van der Waals surface area contributed by atoms with E-state index in [0.29, 0.717) is 11.3 Å². The summed E-state index contributed by atoms with van der Waals surface area (Å²) in [5, 5.41) is 1.56. The number of fused-ring (bicyclic) bond motifs is 1. The van der Waals surface area contributed by atoms with E-state index in [1.165, 1.54) is 14.0 Å². The summed E-state index contributed by atoms with van der Waals surface area (Å²) in [5.74, 6) is -0.598. The third kappa shape index (κ3) is 3.42. The van der Waals surface area contributed by atoms with Crippen molar-refractivity contribution >= 4 is 38.6 Å².